The second-order valence-corrected chi connectivity index (χ2v) is 3.74. The normalized spacial score (nSPS) is 14.2. The van der Waals surface area contributed by atoms with Gasteiger partial charge in [-0.1, -0.05) is 18.2 Å². The Morgan fingerprint density at radius 3 is 3.07 bits per heavy atom. The molecule has 1 aliphatic heterocycles. The number of hydrogen-bond donors (Lipinski definition) is 1. The highest BCUT2D eigenvalue weighted by Gasteiger charge is 2.19. The Bertz CT molecular complexity index is 374. The van der Waals surface area contributed by atoms with Gasteiger partial charge >= 0.3 is 0 Å². The first-order chi connectivity index (χ1) is 6.68. The quantitative estimate of drug-likeness (QED) is 0.746. The predicted octanol–water partition coefficient (Wildman–Crippen LogP) is 0.707. The molecule has 1 aromatic rings. The van der Waals surface area contributed by atoms with Crippen LogP contribution in [-0.2, 0) is 17.6 Å². The fourth-order valence-electron chi connectivity index (χ4n) is 2.07. The minimum atomic E-state index is -0.265. The number of nitrogens with zero attached hydrogens (tertiary/aromatic N) is 1. The summed E-state index contributed by atoms with van der Waals surface area (Å²) in [6, 6.07) is 6.09. The number of para-hydroxylation sites is 1. The number of amides is 1. The van der Waals surface area contributed by atoms with E-state index >= 15 is 0 Å². The smallest absolute Gasteiger partial charge is 0.221 e. The molecule has 0 radical (unpaired) electrons. The fourth-order valence-corrected chi connectivity index (χ4v) is 2.07. The first-order valence-electron chi connectivity index (χ1n) is 4.78. The number of rotatable bonds is 2. The summed E-state index contributed by atoms with van der Waals surface area (Å²) in [4.78, 5) is 13.1. The maximum atomic E-state index is 10.9. The molecule has 0 saturated carbocycles. The molecule has 0 aromatic heterocycles. The number of anilines is 1. The predicted molar refractivity (Wildman–Crippen MR) is 56.3 cm³/mol. The minimum Gasteiger partial charge on any atom is -0.374 e. The molecule has 1 heterocycles. The Balaban J connectivity index is 2.41. The summed E-state index contributed by atoms with van der Waals surface area (Å²) < 4.78 is 0. The highest BCUT2D eigenvalue weighted by molar-refractivity contribution is 5.80. The number of carbonyl (C=O) groups excluding carboxylic acids is 1. The summed E-state index contributed by atoms with van der Waals surface area (Å²) in [6.45, 7) is 1.03. The molecule has 0 saturated heterocycles. The lowest BCUT2D eigenvalue weighted by molar-refractivity contribution is -0.117. The molecule has 1 aliphatic rings. The number of nitrogens with two attached hydrogens (primary N) is 1. The van der Waals surface area contributed by atoms with Gasteiger partial charge in [-0.3, -0.25) is 4.79 Å². The van der Waals surface area contributed by atoms with E-state index in [9.17, 15) is 4.79 Å². The second-order valence-electron chi connectivity index (χ2n) is 3.74. The summed E-state index contributed by atoms with van der Waals surface area (Å²) in [5.74, 6) is -0.265. The van der Waals surface area contributed by atoms with Gasteiger partial charge < -0.3 is 10.6 Å². The van der Waals surface area contributed by atoms with E-state index in [1.165, 1.54) is 11.3 Å². The monoisotopic (exact) mass is 190 g/mol. The lowest BCUT2D eigenvalue weighted by Crippen LogP contribution is -2.18. The van der Waals surface area contributed by atoms with E-state index < -0.39 is 0 Å². The van der Waals surface area contributed by atoms with Crippen molar-refractivity contribution in [2.75, 3.05) is 18.5 Å². The number of primary amides is 1. The van der Waals surface area contributed by atoms with E-state index in [0.29, 0.717) is 6.42 Å². The third-order valence-electron chi connectivity index (χ3n) is 2.67. The topological polar surface area (TPSA) is 46.3 Å². The van der Waals surface area contributed by atoms with Gasteiger partial charge in [0.05, 0.1) is 6.42 Å². The van der Waals surface area contributed by atoms with E-state index in [1.54, 1.807) is 0 Å². The Labute approximate surface area is 83.5 Å². The first kappa shape index (κ1) is 9.06. The van der Waals surface area contributed by atoms with E-state index in [4.69, 9.17) is 5.73 Å². The van der Waals surface area contributed by atoms with E-state index in [0.717, 1.165) is 18.5 Å². The molecule has 0 fully saturated rings. The van der Waals surface area contributed by atoms with Gasteiger partial charge in [0.1, 0.15) is 0 Å². The Morgan fingerprint density at radius 1 is 1.57 bits per heavy atom. The van der Waals surface area contributed by atoms with Gasteiger partial charge in [0.15, 0.2) is 0 Å². The van der Waals surface area contributed by atoms with Crippen LogP contribution in [0.15, 0.2) is 18.2 Å². The van der Waals surface area contributed by atoms with Crippen LogP contribution < -0.4 is 10.6 Å². The summed E-state index contributed by atoms with van der Waals surface area (Å²) in [5.41, 5.74) is 8.78. The van der Waals surface area contributed by atoms with Gasteiger partial charge in [0.2, 0.25) is 5.91 Å². The van der Waals surface area contributed by atoms with Crippen molar-refractivity contribution in [1.29, 1.82) is 0 Å². The van der Waals surface area contributed by atoms with Crippen molar-refractivity contribution in [2.24, 2.45) is 5.73 Å². The molecule has 1 amide bonds. The molecule has 0 atom stereocenters. The molecule has 14 heavy (non-hydrogen) atoms. The van der Waals surface area contributed by atoms with Crippen molar-refractivity contribution >= 4 is 11.6 Å². The molecule has 0 bridgehead atoms. The number of benzene rings is 1. The lowest BCUT2D eigenvalue weighted by Gasteiger charge is -2.15. The summed E-state index contributed by atoms with van der Waals surface area (Å²) in [7, 11) is 2.05. The Morgan fingerprint density at radius 2 is 2.36 bits per heavy atom. The van der Waals surface area contributed by atoms with Crippen LogP contribution in [0.25, 0.3) is 0 Å². The van der Waals surface area contributed by atoms with Gasteiger partial charge in [-0.05, 0) is 17.5 Å². The van der Waals surface area contributed by atoms with Crippen LogP contribution in [0.5, 0.6) is 0 Å². The van der Waals surface area contributed by atoms with E-state index in [1.807, 2.05) is 12.1 Å². The maximum Gasteiger partial charge on any atom is 0.221 e. The maximum absolute atomic E-state index is 10.9. The lowest BCUT2D eigenvalue weighted by atomic mass is 10.0. The first-order valence-corrected chi connectivity index (χ1v) is 4.78. The number of hydrogen-bond acceptors (Lipinski definition) is 2. The second kappa shape index (κ2) is 3.33. The van der Waals surface area contributed by atoms with Crippen molar-refractivity contribution in [1.82, 2.24) is 0 Å². The number of likely N-dealkylation sites (N-methyl/N-ethyl adjacent to an activating group) is 1. The standard InChI is InChI=1S/C11H14N2O/c1-13-6-5-8-3-2-4-9(11(8)13)7-10(12)14/h2-4H,5-7H2,1H3,(H2,12,14). The molecule has 3 heteroatoms. The summed E-state index contributed by atoms with van der Waals surface area (Å²) in [6.07, 6.45) is 1.41. The highest BCUT2D eigenvalue weighted by atomic mass is 16.1. The molecule has 0 spiro atoms. The molecule has 2 N–H and O–H groups in total. The number of fused-ring (bicyclic) bond motifs is 1. The van der Waals surface area contributed by atoms with Crippen molar-refractivity contribution in [2.45, 2.75) is 12.8 Å². The fraction of sp³-hybridized carbons (Fsp3) is 0.364. The largest absolute Gasteiger partial charge is 0.374 e. The van der Waals surface area contributed by atoms with Crippen LogP contribution in [0, 0.1) is 0 Å². The van der Waals surface area contributed by atoms with Gasteiger partial charge in [-0.25, -0.2) is 0 Å². The van der Waals surface area contributed by atoms with Crippen LogP contribution in [0.1, 0.15) is 11.1 Å². The van der Waals surface area contributed by atoms with Crippen LogP contribution in [-0.4, -0.2) is 19.5 Å². The molecule has 3 nitrogen and oxygen atoms in total. The average molecular weight is 190 g/mol. The zero-order valence-corrected chi connectivity index (χ0v) is 8.29. The average Bonchev–Trinajstić information content (AvgIpc) is 2.48. The molecular formula is C11H14N2O. The molecule has 74 valence electrons. The van der Waals surface area contributed by atoms with Gasteiger partial charge in [0.25, 0.3) is 0 Å². The van der Waals surface area contributed by atoms with Crippen molar-refractivity contribution in [3.05, 3.63) is 29.3 Å². The molecule has 0 aliphatic carbocycles. The van der Waals surface area contributed by atoms with Crippen LogP contribution in [0.3, 0.4) is 0 Å². The van der Waals surface area contributed by atoms with Crippen LogP contribution in [0.2, 0.25) is 0 Å². The van der Waals surface area contributed by atoms with Gasteiger partial charge in [-0.2, -0.15) is 0 Å². The molecule has 2 rings (SSSR count). The van der Waals surface area contributed by atoms with Crippen LogP contribution in [0.4, 0.5) is 5.69 Å². The van der Waals surface area contributed by atoms with Gasteiger partial charge in [-0.15, -0.1) is 0 Å². The van der Waals surface area contributed by atoms with Crippen molar-refractivity contribution < 1.29 is 4.79 Å². The molecule has 0 unspecified atom stereocenters. The Kier molecular flexibility index (Phi) is 2.15. The number of carbonyl (C=O) groups is 1. The third-order valence-corrected chi connectivity index (χ3v) is 2.67. The van der Waals surface area contributed by atoms with Crippen molar-refractivity contribution in [3.63, 3.8) is 0 Å². The van der Waals surface area contributed by atoms with E-state index in [-0.39, 0.29) is 5.91 Å². The van der Waals surface area contributed by atoms with Gasteiger partial charge in [0, 0.05) is 19.3 Å². The molecule has 1 aromatic carbocycles. The van der Waals surface area contributed by atoms with Crippen LogP contribution >= 0.6 is 0 Å². The zero-order valence-electron chi connectivity index (χ0n) is 8.29. The molecular weight excluding hydrogens is 176 g/mol. The minimum absolute atomic E-state index is 0.265. The highest BCUT2D eigenvalue weighted by Crippen LogP contribution is 2.30. The third kappa shape index (κ3) is 1.45. The SMILES string of the molecule is CN1CCc2cccc(CC(N)=O)c21. The van der Waals surface area contributed by atoms with E-state index in [2.05, 4.69) is 18.0 Å². The summed E-state index contributed by atoms with van der Waals surface area (Å²) >= 11 is 0. The zero-order chi connectivity index (χ0) is 10.1. The Hall–Kier alpha value is -1.51. The summed E-state index contributed by atoms with van der Waals surface area (Å²) in [5, 5.41) is 0. The van der Waals surface area contributed by atoms with Crippen molar-refractivity contribution in [3.8, 4) is 0 Å².